The van der Waals surface area contributed by atoms with E-state index in [0.717, 1.165) is 6.42 Å². The molecule has 0 aliphatic rings. The monoisotopic (exact) mass is 180 g/mol. The van der Waals surface area contributed by atoms with Crippen molar-refractivity contribution >= 4 is 5.97 Å². The van der Waals surface area contributed by atoms with Crippen LogP contribution in [0.25, 0.3) is 0 Å². The molecule has 0 aromatic heterocycles. The summed E-state index contributed by atoms with van der Waals surface area (Å²) in [6, 6.07) is 0. The highest BCUT2D eigenvalue weighted by molar-refractivity contribution is 5.70. The van der Waals surface area contributed by atoms with Gasteiger partial charge in [-0.2, -0.15) is 0 Å². The Balaban J connectivity index is 3.14. The summed E-state index contributed by atoms with van der Waals surface area (Å²) in [6.45, 7) is 2.71. The van der Waals surface area contributed by atoms with Crippen LogP contribution in [0.15, 0.2) is 0 Å². The van der Waals surface area contributed by atoms with E-state index in [4.69, 9.17) is 9.84 Å². The average molecular weight is 180 g/mol. The number of ether oxygens (including phenoxy) is 2. The third kappa shape index (κ3) is 6.06. The fourth-order valence-electron chi connectivity index (χ4n) is 0.528. The van der Waals surface area contributed by atoms with E-state index < -0.39 is 12.3 Å². The van der Waals surface area contributed by atoms with Crippen LogP contribution in [0.4, 0.5) is 4.39 Å². The molecule has 1 atom stereocenters. The normalized spacial score (nSPS) is 12.8. The van der Waals surface area contributed by atoms with Gasteiger partial charge in [0.15, 0.2) is 0 Å². The van der Waals surface area contributed by atoms with Crippen molar-refractivity contribution in [1.29, 1.82) is 0 Å². The summed E-state index contributed by atoms with van der Waals surface area (Å²) >= 11 is 0. The van der Waals surface area contributed by atoms with Gasteiger partial charge in [-0.1, -0.05) is 6.92 Å². The van der Waals surface area contributed by atoms with Gasteiger partial charge in [-0.3, -0.25) is 0 Å². The topological polar surface area (TPSA) is 55.8 Å². The first-order valence-corrected chi connectivity index (χ1v) is 3.74. The highest BCUT2D eigenvalue weighted by Gasteiger charge is 2.14. The van der Waals surface area contributed by atoms with E-state index in [2.05, 4.69) is 4.74 Å². The fourth-order valence-corrected chi connectivity index (χ4v) is 0.528. The SMILES string of the molecule is CCCOCCOC(F)C(=O)O. The van der Waals surface area contributed by atoms with Gasteiger partial charge in [0.2, 0.25) is 0 Å². The van der Waals surface area contributed by atoms with E-state index in [9.17, 15) is 9.18 Å². The molecular weight excluding hydrogens is 167 g/mol. The highest BCUT2D eigenvalue weighted by atomic mass is 19.1. The lowest BCUT2D eigenvalue weighted by molar-refractivity contribution is -0.164. The summed E-state index contributed by atoms with van der Waals surface area (Å²) in [5, 5.41) is 8.04. The number of carboxylic acid groups (broad SMARTS) is 1. The predicted molar refractivity (Wildman–Crippen MR) is 39.6 cm³/mol. The van der Waals surface area contributed by atoms with Gasteiger partial charge < -0.3 is 14.6 Å². The van der Waals surface area contributed by atoms with Crippen LogP contribution in [0.5, 0.6) is 0 Å². The van der Waals surface area contributed by atoms with Crippen LogP contribution in [0.1, 0.15) is 13.3 Å². The van der Waals surface area contributed by atoms with Crippen molar-refractivity contribution in [3.8, 4) is 0 Å². The smallest absolute Gasteiger partial charge is 0.366 e. The van der Waals surface area contributed by atoms with Crippen molar-refractivity contribution in [2.75, 3.05) is 19.8 Å². The molecule has 0 radical (unpaired) electrons. The lowest BCUT2D eigenvalue weighted by Crippen LogP contribution is -2.20. The van der Waals surface area contributed by atoms with Crippen molar-refractivity contribution in [1.82, 2.24) is 0 Å². The Morgan fingerprint density at radius 1 is 1.50 bits per heavy atom. The third-order valence-corrected chi connectivity index (χ3v) is 1.03. The standard InChI is InChI=1S/C7H13FO4/c1-2-3-11-4-5-12-6(8)7(9)10/h6H,2-5H2,1H3,(H,9,10). The maximum atomic E-state index is 12.2. The number of hydrogen-bond donors (Lipinski definition) is 1. The number of halogens is 1. The Kier molecular flexibility index (Phi) is 6.60. The quantitative estimate of drug-likeness (QED) is 0.589. The maximum Gasteiger partial charge on any atom is 0.366 e. The summed E-state index contributed by atoms with van der Waals surface area (Å²) in [7, 11) is 0. The van der Waals surface area contributed by atoms with E-state index in [0.29, 0.717) is 6.61 Å². The number of rotatable bonds is 7. The molecule has 0 saturated heterocycles. The van der Waals surface area contributed by atoms with Gasteiger partial charge in [0.05, 0.1) is 13.2 Å². The molecule has 1 N–H and O–H groups in total. The molecule has 0 rings (SSSR count). The second-order valence-electron chi connectivity index (χ2n) is 2.14. The van der Waals surface area contributed by atoms with Crippen molar-refractivity contribution in [2.24, 2.45) is 0 Å². The van der Waals surface area contributed by atoms with E-state index >= 15 is 0 Å². The van der Waals surface area contributed by atoms with E-state index in [-0.39, 0.29) is 13.2 Å². The summed E-state index contributed by atoms with van der Waals surface area (Å²) in [5.74, 6) is -1.61. The molecule has 72 valence electrons. The van der Waals surface area contributed by atoms with Gasteiger partial charge in [0.25, 0.3) is 6.36 Å². The largest absolute Gasteiger partial charge is 0.477 e. The minimum absolute atomic E-state index is 0.0343. The predicted octanol–water partition coefficient (Wildman–Crippen LogP) is 0.810. The van der Waals surface area contributed by atoms with Gasteiger partial charge >= 0.3 is 5.97 Å². The molecule has 12 heavy (non-hydrogen) atoms. The number of carboxylic acids is 1. The van der Waals surface area contributed by atoms with Crippen LogP contribution in [0.2, 0.25) is 0 Å². The molecule has 0 spiro atoms. The summed E-state index contributed by atoms with van der Waals surface area (Å²) < 4.78 is 21.3. The van der Waals surface area contributed by atoms with Gasteiger partial charge in [-0.15, -0.1) is 0 Å². The second-order valence-corrected chi connectivity index (χ2v) is 2.14. The zero-order chi connectivity index (χ0) is 9.40. The van der Waals surface area contributed by atoms with Crippen LogP contribution in [-0.2, 0) is 14.3 Å². The molecule has 0 bridgehead atoms. The molecular formula is C7H13FO4. The first-order chi connectivity index (χ1) is 5.68. The van der Waals surface area contributed by atoms with Gasteiger partial charge in [0.1, 0.15) is 0 Å². The Hall–Kier alpha value is -0.680. The first kappa shape index (κ1) is 11.3. The second kappa shape index (κ2) is 7.00. The molecule has 0 fully saturated rings. The zero-order valence-corrected chi connectivity index (χ0v) is 6.96. The number of alkyl halides is 1. The maximum absolute atomic E-state index is 12.2. The van der Waals surface area contributed by atoms with Gasteiger partial charge in [-0.05, 0) is 6.42 Å². The van der Waals surface area contributed by atoms with E-state index in [1.54, 1.807) is 0 Å². The number of aliphatic carboxylic acids is 1. The van der Waals surface area contributed by atoms with E-state index in [1.165, 1.54) is 0 Å². The van der Waals surface area contributed by atoms with Crippen LogP contribution in [0.3, 0.4) is 0 Å². The summed E-state index contributed by atoms with van der Waals surface area (Å²) in [4.78, 5) is 9.88. The molecule has 0 amide bonds. The average Bonchev–Trinajstić information content (AvgIpc) is 2.03. The Morgan fingerprint density at radius 3 is 2.67 bits per heavy atom. The third-order valence-electron chi connectivity index (χ3n) is 1.03. The molecule has 0 aromatic rings. The van der Waals surface area contributed by atoms with Crippen molar-refractivity contribution in [3.05, 3.63) is 0 Å². The van der Waals surface area contributed by atoms with Crippen LogP contribution < -0.4 is 0 Å². The zero-order valence-electron chi connectivity index (χ0n) is 6.96. The number of hydrogen-bond acceptors (Lipinski definition) is 3. The Bertz CT molecular complexity index is 129. The minimum Gasteiger partial charge on any atom is -0.477 e. The van der Waals surface area contributed by atoms with Gasteiger partial charge in [0, 0.05) is 6.61 Å². The number of carbonyl (C=O) groups is 1. The lowest BCUT2D eigenvalue weighted by atomic mass is 10.5. The molecule has 5 heteroatoms. The fraction of sp³-hybridized carbons (Fsp3) is 0.857. The van der Waals surface area contributed by atoms with Crippen molar-refractivity contribution in [3.63, 3.8) is 0 Å². The summed E-state index contributed by atoms with van der Waals surface area (Å²) in [5.41, 5.74) is 0. The molecule has 0 saturated carbocycles. The van der Waals surface area contributed by atoms with Crippen LogP contribution in [0, 0.1) is 0 Å². The van der Waals surface area contributed by atoms with Gasteiger partial charge in [-0.25, -0.2) is 9.18 Å². The van der Waals surface area contributed by atoms with Crippen molar-refractivity contribution < 1.29 is 23.8 Å². The van der Waals surface area contributed by atoms with Crippen molar-refractivity contribution in [2.45, 2.75) is 19.7 Å². The Morgan fingerprint density at radius 2 is 2.17 bits per heavy atom. The molecule has 0 aliphatic heterocycles. The highest BCUT2D eigenvalue weighted by Crippen LogP contribution is 1.93. The first-order valence-electron chi connectivity index (χ1n) is 3.74. The lowest BCUT2D eigenvalue weighted by Gasteiger charge is -2.05. The Labute approximate surface area is 70.3 Å². The van der Waals surface area contributed by atoms with Crippen LogP contribution >= 0.6 is 0 Å². The van der Waals surface area contributed by atoms with E-state index in [1.807, 2.05) is 6.92 Å². The molecule has 0 heterocycles. The molecule has 1 unspecified atom stereocenters. The van der Waals surface area contributed by atoms with Crippen LogP contribution in [-0.4, -0.2) is 37.3 Å². The molecule has 0 aliphatic carbocycles. The molecule has 0 aromatic carbocycles. The summed E-state index contributed by atoms with van der Waals surface area (Å²) in [6.07, 6.45) is -1.37. The molecule has 4 nitrogen and oxygen atoms in total. The minimum atomic E-state index is -2.24.